The summed E-state index contributed by atoms with van der Waals surface area (Å²) in [7, 11) is 0. The van der Waals surface area contributed by atoms with Crippen LogP contribution in [-0.2, 0) is 16.6 Å². The fourth-order valence-electron chi connectivity index (χ4n) is 1.22. The second-order valence-electron chi connectivity index (χ2n) is 4.99. The molecule has 0 saturated heterocycles. The van der Waals surface area contributed by atoms with E-state index in [1.54, 1.807) is 18.3 Å². The van der Waals surface area contributed by atoms with E-state index in [1.165, 1.54) is 0 Å². The van der Waals surface area contributed by atoms with E-state index in [9.17, 15) is 4.79 Å². The number of nitrogens with one attached hydrogen (secondary N) is 1. The molecule has 0 aromatic carbocycles. The number of amides is 1. The van der Waals surface area contributed by atoms with Gasteiger partial charge in [-0.3, -0.25) is 4.79 Å². The van der Waals surface area contributed by atoms with Crippen molar-refractivity contribution < 1.29 is 4.79 Å². The predicted octanol–water partition coefficient (Wildman–Crippen LogP) is 2.01. The van der Waals surface area contributed by atoms with Crippen molar-refractivity contribution in [1.29, 1.82) is 5.26 Å². The van der Waals surface area contributed by atoms with Crippen LogP contribution in [0.4, 0.5) is 0 Å². The van der Waals surface area contributed by atoms with E-state index in [-0.39, 0.29) is 17.7 Å². The molecule has 0 aliphatic carbocycles. The Morgan fingerprint density at radius 1 is 1.65 bits per heavy atom. The summed E-state index contributed by atoms with van der Waals surface area (Å²) in [5.74, 6) is -0.162. The first-order chi connectivity index (χ1) is 7.82. The first-order valence-electron chi connectivity index (χ1n) is 5.47. The number of carbonyl (C=O) groups is 1. The van der Waals surface area contributed by atoms with Crippen LogP contribution in [0.1, 0.15) is 38.4 Å². The molecule has 0 radical (unpaired) electrons. The SMILES string of the molecule is C[C@H](C#N)NC(=O)Cc1csc(C(C)(C)C)n1. The van der Waals surface area contributed by atoms with Crippen LogP contribution in [0.2, 0.25) is 0 Å². The van der Waals surface area contributed by atoms with Gasteiger partial charge in [0.1, 0.15) is 6.04 Å². The zero-order chi connectivity index (χ0) is 13.1. The van der Waals surface area contributed by atoms with Gasteiger partial charge in [-0.1, -0.05) is 20.8 Å². The van der Waals surface area contributed by atoms with Gasteiger partial charge in [0.15, 0.2) is 0 Å². The van der Waals surface area contributed by atoms with Gasteiger partial charge in [-0.05, 0) is 6.92 Å². The van der Waals surface area contributed by atoms with Crippen LogP contribution >= 0.6 is 11.3 Å². The van der Waals surface area contributed by atoms with Crippen molar-refractivity contribution in [1.82, 2.24) is 10.3 Å². The van der Waals surface area contributed by atoms with Crippen molar-refractivity contribution >= 4 is 17.2 Å². The maximum Gasteiger partial charge on any atom is 0.227 e. The third-order valence-electron chi connectivity index (χ3n) is 2.11. The molecule has 1 heterocycles. The van der Waals surface area contributed by atoms with E-state index in [0.29, 0.717) is 0 Å². The van der Waals surface area contributed by atoms with Crippen LogP contribution in [0.3, 0.4) is 0 Å². The Balaban J connectivity index is 2.62. The zero-order valence-electron chi connectivity index (χ0n) is 10.6. The number of nitriles is 1. The topological polar surface area (TPSA) is 65.8 Å². The van der Waals surface area contributed by atoms with E-state index < -0.39 is 6.04 Å². The van der Waals surface area contributed by atoms with Crippen molar-refractivity contribution in [2.75, 3.05) is 0 Å². The van der Waals surface area contributed by atoms with Crippen LogP contribution in [0, 0.1) is 11.3 Å². The summed E-state index contributed by atoms with van der Waals surface area (Å²) in [4.78, 5) is 16.0. The summed E-state index contributed by atoms with van der Waals surface area (Å²) in [5.41, 5.74) is 0.779. The van der Waals surface area contributed by atoms with Crippen molar-refractivity contribution in [2.24, 2.45) is 0 Å². The van der Waals surface area contributed by atoms with Crippen LogP contribution in [0.25, 0.3) is 0 Å². The van der Waals surface area contributed by atoms with Gasteiger partial charge in [-0.2, -0.15) is 5.26 Å². The molecule has 0 spiro atoms. The van der Waals surface area contributed by atoms with E-state index in [4.69, 9.17) is 5.26 Å². The first kappa shape index (κ1) is 13.7. The van der Waals surface area contributed by atoms with Crippen molar-refractivity contribution in [3.8, 4) is 6.07 Å². The Kier molecular flexibility index (Phi) is 4.24. The first-order valence-corrected chi connectivity index (χ1v) is 6.34. The van der Waals surface area contributed by atoms with Crippen LogP contribution < -0.4 is 5.32 Å². The lowest BCUT2D eigenvalue weighted by atomic mass is 9.98. The minimum atomic E-state index is -0.455. The minimum absolute atomic E-state index is 0.0132. The molecule has 1 amide bonds. The lowest BCUT2D eigenvalue weighted by molar-refractivity contribution is -0.120. The largest absolute Gasteiger partial charge is 0.340 e. The number of aromatic nitrogens is 1. The summed E-state index contributed by atoms with van der Waals surface area (Å²) in [6, 6.07) is 1.51. The minimum Gasteiger partial charge on any atom is -0.340 e. The maximum absolute atomic E-state index is 11.5. The molecule has 0 bridgehead atoms. The fourth-order valence-corrected chi connectivity index (χ4v) is 2.13. The Hall–Kier alpha value is -1.41. The Labute approximate surface area is 106 Å². The summed E-state index contributed by atoms with van der Waals surface area (Å²) in [5, 5.41) is 14.1. The number of rotatable bonds is 3. The highest BCUT2D eigenvalue weighted by Gasteiger charge is 2.18. The van der Waals surface area contributed by atoms with E-state index in [1.807, 2.05) is 11.4 Å². The molecular weight excluding hydrogens is 234 g/mol. The quantitative estimate of drug-likeness (QED) is 0.893. The summed E-state index contributed by atoms with van der Waals surface area (Å²) in [6.07, 6.45) is 0.235. The highest BCUT2D eigenvalue weighted by Crippen LogP contribution is 2.25. The Bertz CT molecular complexity index is 439. The van der Waals surface area contributed by atoms with Gasteiger partial charge < -0.3 is 5.32 Å². The second kappa shape index (κ2) is 5.28. The van der Waals surface area contributed by atoms with Gasteiger partial charge in [0.05, 0.1) is 23.2 Å². The number of nitrogens with zero attached hydrogens (tertiary/aromatic N) is 2. The average Bonchev–Trinajstić information content (AvgIpc) is 2.65. The molecule has 1 atom stereocenters. The van der Waals surface area contributed by atoms with Gasteiger partial charge in [-0.15, -0.1) is 11.3 Å². The summed E-state index contributed by atoms with van der Waals surface area (Å²) in [6.45, 7) is 7.92. The average molecular weight is 251 g/mol. The van der Waals surface area contributed by atoms with Gasteiger partial charge in [0, 0.05) is 10.8 Å². The second-order valence-corrected chi connectivity index (χ2v) is 5.85. The summed E-state index contributed by atoms with van der Waals surface area (Å²) >= 11 is 1.57. The number of hydrogen-bond donors (Lipinski definition) is 1. The van der Waals surface area contributed by atoms with Crippen molar-refractivity contribution in [2.45, 2.75) is 45.6 Å². The molecule has 0 unspecified atom stereocenters. The molecule has 4 nitrogen and oxygen atoms in total. The van der Waals surface area contributed by atoms with E-state index in [2.05, 4.69) is 31.1 Å². The molecule has 1 N–H and O–H groups in total. The fraction of sp³-hybridized carbons (Fsp3) is 0.583. The molecule has 0 fully saturated rings. The highest BCUT2D eigenvalue weighted by atomic mass is 32.1. The maximum atomic E-state index is 11.5. The van der Waals surface area contributed by atoms with Crippen LogP contribution in [0.5, 0.6) is 0 Å². The molecular formula is C12H17N3OS. The van der Waals surface area contributed by atoms with Crippen molar-refractivity contribution in [3.63, 3.8) is 0 Å². The van der Waals surface area contributed by atoms with E-state index >= 15 is 0 Å². The molecule has 1 aromatic rings. The third-order valence-corrected chi connectivity index (χ3v) is 3.42. The normalized spacial score (nSPS) is 12.9. The predicted molar refractivity (Wildman–Crippen MR) is 67.7 cm³/mol. The molecule has 0 aliphatic heterocycles. The molecule has 1 rings (SSSR count). The molecule has 5 heteroatoms. The Morgan fingerprint density at radius 3 is 2.76 bits per heavy atom. The smallest absolute Gasteiger partial charge is 0.227 e. The van der Waals surface area contributed by atoms with Crippen molar-refractivity contribution in [3.05, 3.63) is 16.1 Å². The van der Waals surface area contributed by atoms with E-state index in [0.717, 1.165) is 10.7 Å². The standard InChI is InChI=1S/C12H17N3OS/c1-8(6-13)14-10(16)5-9-7-17-11(15-9)12(2,3)4/h7-8H,5H2,1-4H3,(H,14,16)/t8-/m1/s1. The lowest BCUT2D eigenvalue weighted by Gasteiger charge is -2.13. The number of hydrogen-bond acceptors (Lipinski definition) is 4. The molecule has 1 aromatic heterocycles. The summed E-state index contributed by atoms with van der Waals surface area (Å²) < 4.78 is 0. The van der Waals surface area contributed by atoms with Crippen LogP contribution in [0.15, 0.2) is 5.38 Å². The number of thiazole rings is 1. The van der Waals surface area contributed by atoms with Gasteiger partial charge >= 0.3 is 0 Å². The molecule has 17 heavy (non-hydrogen) atoms. The van der Waals surface area contributed by atoms with Gasteiger partial charge in [0.25, 0.3) is 0 Å². The Morgan fingerprint density at radius 2 is 2.29 bits per heavy atom. The number of carbonyl (C=O) groups excluding carboxylic acids is 1. The highest BCUT2D eigenvalue weighted by molar-refractivity contribution is 7.09. The molecule has 92 valence electrons. The monoisotopic (exact) mass is 251 g/mol. The zero-order valence-corrected chi connectivity index (χ0v) is 11.4. The lowest BCUT2D eigenvalue weighted by Crippen LogP contribution is -2.32. The molecule has 0 aliphatic rings. The van der Waals surface area contributed by atoms with Gasteiger partial charge in [-0.25, -0.2) is 4.98 Å². The molecule has 0 saturated carbocycles. The van der Waals surface area contributed by atoms with Gasteiger partial charge in [0.2, 0.25) is 5.91 Å². The van der Waals surface area contributed by atoms with Crippen LogP contribution in [-0.4, -0.2) is 16.9 Å². The third kappa shape index (κ3) is 4.16.